The van der Waals surface area contributed by atoms with Gasteiger partial charge in [0.05, 0.1) is 20.5 Å². The van der Waals surface area contributed by atoms with E-state index < -0.39 is 10.0 Å². The standard InChI is InChI=1S/C21H19Cl2N7O2S2/c22-14-2-1-3-15(23)16(14)18-28-19(17-20(29-18)33-21(24)27-17)26-12-4-6-13(7-5-12)34(31,32)30-10-8-25-9-11-30/h1-7,25H,8-11H2,(H2,24,27)(H,26,28,29). The maximum absolute atomic E-state index is 12.9. The molecule has 1 saturated heterocycles. The van der Waals surface area contributed by atoms with Crippen LogP contribution in [0.1, 0.15) is 0 Å². The molecular weight excluding hydrogens is 517 g/mol. The molecule has 2 aromatic carbocycles. The Labute approximate surface area is 210 Å². The number of fused-ring (bicyclic) bond motifs is 1. The van der Waals surface area contributed by atoms with Gasteiger partial charge in [0.2, 0.25) is 10.0 Å². The number of nitrogens with two attached hydrogens (primary N) is 1. The predicted molar refractivity (Wildman–Crippen MR) is 136 cm³/mol. The molecule has 1 aliphatic rings. The van der Waals surface area contributed by atoms with E-state index in [1.807, 2.05) is 0 Å². The van der Waals surface area contributed by atoms with Crippen molar-refractivity contribution in [2.24, 2.45) is 0 Å². The second kappa shape index (κ2) is 9.25. The summed E-state index contributed by atoms with van der Waals surface area (Å²) in [5, 5.41) is 7.53. The van der Waals surface area contributed by atoms with Gasteiger partial charge < -0.3 is 16.4 Å². The number of nitrogens with one attached hydrogen (secondary N) is 2. The van der Waals surface area contributed by atoms with Crippen LogP contribution >= 0.6 is 34.5 Å². The van der Waals surface area contributed by atoms with Gasteiger partial charge in [0.15, 0.2) is 21.6 Å². The first-order valence-corrected chi connectivity index (χ1v) is 13.3. The van der Waals surface area contributed by atoms with Gasteiger partial charge in [-0.05, 0) is 36.4 Å². The maximum atomic E-state index is 12.9. The molecule has 0 unspecified atom stereocenters. The summed E-state index contributed by atoms with van der Waals surface area (Å²) >= 11 is 14.0. The average molecular weight is 536 g/mol. The minimum absolute atomic E-state index is 0.231. The highest BCUT2D eigenvalue weighted by molar-refractivity contribution is 7.89. The first kappa shape index (κ1) is 23.2. The van der Waals surface area contributed by atoms with Crippen LogP contribution in [0.4, 0.5) is 16.6 Å². The molecule has 2 aromatic heterocycles. The minimum Gasteiger partial charge on any atom is -0.375 e. The molecule has 13 heteroatoms. The predicted octanol–water partition coefficient (Wildman–Crippen LogP) is 3.98. The molecule has 34 heavy (non-hydrogen) atoms. The van der Waals surface area contributed by atoms with Crippen molar-refractivity contribution in [3.8, 4) is 11.4 Å². The van der Waals surface area contributed by atoms with E-state index in [1.165, 1.54) is 15.6 Å². The first-order valence-electron chi connectivity index (χ1n) is 10.3. The summed E-state index contributed by atoms with van der Waals surface area (Å²) in [6.45, 7) is 2.16. The molecule has 0 aliphatic carbocycles. The molecular formula is C21H19Cl2N7O2S2. The lowest BCUT2D eigenvalue weighted by atomic mass is 10.2. The van der Waals surface area contributed by atoms with Crippen molar-refractivity contribution in [2.45, 2.75) is 4.90 Å². The normalized spacial score (nSPS) is 15.0. The average Bonchev–Trinajstić information content (AvgIpc) is 3.20. The number of hydrogen-bond donors (Lipinski definition) is 3. The Hall–Kier alpha value is -2.54. The van der Waals surface area contributed by atoms with Gasteiger partial charge in [-0.15, -0.1) is 0 Å². The number of rotatable bonds is 5. The summed E-state index contributed by atoms with van der Waals surface area (Å²) in [5.74, 6) is 0.730. The largest absolute Gasteiger partial charge is 0.375 e. The zero-order valence-electron chi connectivity index (χ0n) is 17.6. The minimum atomic E-state index is -3.55. The summed E-state index contributed by atoms with van der Waals surface area (Å²) in [4.78, 5) is 14.3. The quantitative estimate of drug-likeness (QED) is 0.350. The SMILES string of the molecule is Nc1nc2c(Nc3ccc(S(=O)(=O)N4CCNCC4)cc3)nc(-c3c(Cl)cccc3Cl)nc2s1. The highest BCUT2D eigenvalue weighted by Gasteiger charge is 2.25. The number of hydrogen-bond acceptors (Lipinski definition) is 9. The number of thiazole rings is 1. The second-order valence-corrected chi connectivity index (χ2v) is 11.3. The number of halogens is 2. The summed E-state index contributed by atoms with van der Waals surface area (Å²) in [6.07, 6.45) is 0. The van der Waals surface area contributed by atoms with Crippen molar-refractivity contribution in [1.29, 1.82) is 0 Å². The Morgan fingerprint density at radius 2 is 1.68 bits per heavy atom. The Morgan fingerprint density at radius 3 is 2.35 bits per heavy atom. The highest BCUT2D eigenvalue weighted by atomic mass is 35.5. The van der Waals surface area contributed by atoms with E-state index in [-0.39, 0.29) is 4.90 Å². The van der Waals surface area contributed by atoms with Crippen LogP contribution in [0.25, 0.3) is 21.7 Å². The zero-order chi connectivity index (χ0) is 23.9. The fourth-order valence-electron chi connectivity index (χ4n) is 3.63. The maximum Gasteiger partial charge on any atom is 0.243 e. The number of anilines is 3. The number of benzene rings is 2. The summed E-state index contributed by atoms with van der Waals surface area (Å²) in [6, 6.07) is 11.7. The molecule has 1 aliphatic heterocycles. The molecule has 1 fully saturated rings. The summed E-state index contributed by atoms with van der Waals surface area (Å²) in [5.41, 5.74) is 7.54. The molecule has 4 aromatic rings. The molecule has 176 valence electrons. The van der Waals surface area contributed by atoms with E-state index in [0.717, 1.165) is 0 Å². The van der Waals surface area contributed by atoms with Crippen LogP contribution < -0.4 is 16.4 Å². The lowest BCUT2D eigenvalue weighted by Crippen LogP contribution is -2.46. The van der Waals surface area contributed by atoms with Gasteiger partial charge in [-0.25, -0.2) is 23.4 Å². The van der Waals surface area contributed by atoms with Gasteiger partial charge in [-0.2, -0.15) is 4.31 Å². The summed E-state index contributed by atoms with van der Waals surface area (Å²) < 4.78 is 27.3. The fraction of sp³-hybridized carbons (Fsp3) is 0.190. The third kappa shape index (κ3) is 4.42. The number of aromatic nitrogens is 3. The molecule has 0 amide bonds. The molecule has 9 nitrogen and oxygen atoms in total. The Kier molecular flexibility index (Phi) is 6.32. The summed E-state index contributed by atoms with van der Waals surface area (Å²) in [7, 11) is -3.55. The number of piperazine rings is 1. The number of nitrogens with zero attached hydrogens (tertiary/aromatic N) is 4. The molecule has 4 N–H and O–H groups in total. The van der Waals surface area contributed by atoms with Crippen LogP contribution in [0, 0.1) is 0 Å². The first-order chi connectivity index (χ1) is 16.3. The van der Waals surface area contributed by atoms with Crippen molar-refractivity contribution >= 4 is 71.5 Å². The molecule has 3 heterocycles. The van der Waals surface area contributed by atoms with E-state index in [0.29, 0.717) is 74.6 Å². The molecule has 0 atom stereocenters. The third-order valence-electron chi connectivity index (χ3n) is 5.29. The van der Waals surface area contributed by atoms with E-state index in [9.17, 15) is 8.42 Å². The van der Waals surface area contributed by atoms with Gasteiger partial charge >= 0.3 is 0 Å². The Morgan fingerprint density at radius 1 is 1.00 bits per heavy atom. The van der Waals surface area contributed by atoms with E-state index in [4.69, 9.17) is 28.9 Å². The van der Waals surface area contributed by atoms with Crippen molar-refractivity contribution in [2.75, 3.05) is 37.2 Å². The van der Waals surface area contributed by atoms with Crippen LogP contribution in [0.5, 0.6) is 0 Å². The van der Waals surface area contributed by atoms with Gasteiger partial charge in [0.1, 0.15) is 5.52 Å². The molecule has 0 radical (unpaired) electrons. The number of sulfonamides is 1. The van der Waals surface area contributed by atoms with Gasteiger partial charge in [0.25, 0.3) is 0 Å². The van der Waals surface area contributed by atoms with E-state index >= 15 is 0 Å². The van der Waals surface area contributed by atoms with Crippen LogP contribution in [-0.2, 0) is 10.0 Å². The van der Waals surface area contributed by atoms with Crippen molar-refractivity contribution in [3.05, 3.63) is 52.5 Å². The number of nitrogen functional groups attached to an aromatic ring is 1. The zero-order valence-corrected chi connectivity index (χ0v) is 20.8. The third-order valence-corrected chi connectivity index (χ3v) is 8.61. The van der Waals surface area contributed by atoms with Crippen LogP contribution in [0.2, 0.25) is 10.0 Å². The Bertz CT molecular complexity index is 1450. The van der Waals surface area contributed by atoms with E-state index in [1.54, 1.807) is 42.5 Å². The monoisotopic (exact) mass is 535 g/mol. The molecule has 0 bridgehead atoms. The Balaban J connectivity index is 1.50. The topological polar surface area (TPSA) is 126 Å². The van der Waals surface area contributed by atoms with Crippen molar-refractivity contribution in [3.63, 3.8) is 0 Å². The molecule has 0 saturated carbocycles. The van der Waals surface area contributed by atoms with E-state index in [2.05, 4.69) is 25.6 Å². The smallest absolute Gasteiger partial charge is 0.243 e. The van der Waals surface area contributed by atoms with Crippen molar-refractivity contribution in [1.82, 2.24) is 24.6 Å². The second-order valence-electron chi connectivity index (χ2n) is 7.50. The lowest BCUT2D eigenvalue weighted by molar-refractivity contribution is 0.360. The van der Waals surface area contributed by atoms with Crippen LogP contribution in [0.15, 0.2) is 47.4 Å². The highest BCUT2D eigenvalue weighted by Crippen LogP contribution is 2.36. The molecule has 5 rings (SSSR count). The van der Waals surface area contributed by atoms with Gasteiger partial charge in [-0.3, -0.25) is 0 Å². The van der Waals surface area contributed by atoms with Gasteiger partial charge in [0, 0.05) is 31.9 Å². The van der Waals surface area contributed by atoms with Crippen molar-refractivity contribution < 1.29 is 8.42 Å². The van der Waals surface area contributed by atoms with Crippen LogP contribution in [-0.4, -0.2) is 53.9 Å². The fourth-order valence-corrected chi connectivity index (χ4v) is 6.34. The molecule has 0 spiro atoms. The van der Waals surface area contributed by atoms with Crippen LogP contribution in [0.3, 0.4) is 0 Å². The lowest BCUT2D eigenvalue weighted by Gasteiger charge is -2.26. The van der Waals surface area contributed by atoms with Gasteiger partial charge in [-0.1, -0.05) is 40.6 Å².